The predicted molar refractivity (Wildman–Crippen MR) is 129 cm³/mol. The lowest BCUT2D eigenvalue weighted by Gasteiger charge is -2.10. The number of hydrogen-bond acceptors (Lipinski definition) is 5. The van der Waals surface area contributed by atoms with Crippen LogP contribution in [-0.2, 0) is 6.42 Å². The monoisotopic (exact) mass is 439 g/mol. The van der Waals surface area contributed by atoms with Crippen molar-refractivity contribution in [3.8, 4) is 0 Å². The summed E-state index contributed by atoms with van der Waals surface area (Å²) in [4.78, 5) is 16.7. The van der Waals surface area contributed by atoms with E-state index in [1.165, 1.54) is 27.1 Å². The van der Waals surface area contributed by atoms with Crippen molar-refractivity contribution in [1.29, 1.82) is 0 Å². The molecule has 0 atom stereocenters. The van der Waals surface area contributed by atoms with Crippen molar-refractivity contribution >= 4 is 34.9 Å². The van der Waals surface area contributed by atoms with Crippen LogP contribution in [0.25, 0.3) is 0 Å². The van der Waals surface area contributed by atoms with Crippen LogP contribution < -0.4 is 0 Å². The van der Waals surface area contributed by atoms with Gasteiger partial charge in [0.25, 0.3) is 0 Å². The number of benzene rings is 3. The highest BCUT2D eigenvalue weighted by Crippen LogP contribution is 2.44. The van der Waals surface area contributed by atoms with Crippen molar-refractivity contribution in [3.05, 3.63) is 101 Å². The number of nitrogens with zero attached hydrogens (tertiary/aromatic N) is 3. The second-order valence-electron chi connectivity index (χ2n) is 7.57. The average molecular weight is 440 g/mol. The quantitative estimate of drug-likeness (QED) is 0.319. The Labute approximate surface area is 191 Å². The van der Waals surface area contributed by atoms with Crippen LogP contribution in [0.3, 0.4) is 0 Å². The fourth-order valence-corrected chi connectivity index (χ4v) is 5.36. The van der Waals surface area contributed by atoms with Crippen LogP contribution >= 0.6 is 23.5 Å². The molecule has 0 saturated carbocycles. The van der Waals surface area contributed by atoms with Gasteiger partial charge in [-0.2, -0.15) is 0 Å². The minimum atomic E-state index is 0.765. The van der Waals surface area contributed by atoms with E-state index in [2.05, 4.69) is 90.5 Å². The summed E-state index contributed by atoms with van der Waals surface area (Å²) in [6, 6.07) is 25.6. The third kappa shape index (κ3) is 4.43. The molecule has 1 aliphatic rings. The Bertz CT molecular complexity index is 1270. The van der Waals surface area contributed by atoms with Crippen molar-refractivity contribution in [2.24, 2.45) is 4.99 Å². The fraction of sp³-hybridized carbons (Fsp3) is 0.115. The van der Waals surface area contributed by atoms with E-state index in [0.29, 0.717) is 0 Å². The maximum absolute atomic E-state index is 5.18. The van der Waals surface area contributed by atoms with Gasteiger partial charge in [0.05, 0.1) is 5.71 Å². The SMILES string of the molecule is Cc1ccc(Sc2ncnc3c2N=C(Cc2ccccc2)c2cc(C)ccc2S3)cc1. The molecule has 152 valence electrons. The van der Waals surface area contributed by atoms with Crippen LogP contribution in [0.2, 0.25) is 0 Å². The molecule has 0 spiro atoms. The van der Waals surface area contributed by atoms with E-state index in [-0.39, 0.29) is 0 Å². The lowest BCUT2D eigenvalue weighted by Crippen LogP contribution is -2.06. The molecule has 0 saturated heterocycles. The van der Waals surface area contributed by atoms with Gasteiger partial charge in [0, 0.05) is 21.8 Å². The van der Waals surface area contributed by atoms with E-state index < -0.39 is 0 Å². The molecule has 2 heterocycles. The number of aliphatic imine (C=N–C) groups is 1. The van der Waals surface area contributed by atoms with Crippen molar-refractivity contribution in [3.63, 3.8) is 0 Å². The molecule has 5 rings (SSSR count). The molecule has 0 aliphatic carbocycles. The number of fused-ring (bicyclic) bond motifs is 2. The van der Waals surface area contributed by atoms with Gasteiger partial charge in [0.1, 0.15) is 22.1 Å². The lowest BCUT2D eigenvalue weighted by atomic mass is 10.0. The molecule has 0 radical (unpaired) electrons. The van der Waals surface area contributed by atoms with Gasteiger partial charge in [-0.05, 0) is 43.7 Å². The van der Waals surface area contributed by atoms with Gasteiger partial charge in [0.15, 0.2) is 0 Å². The molecule has 1 aromatic heterocycles. The molecule has 3 nitrogen and oxygen atoms in total. The summed E-state index contributed by atoms with van der Waals surface area (Å²) in [6.07, 6.45) is 2.41. The second-order valence-corrected chi connectivity index (χ2v) is 9.66. The number of aryl methyl sites for hydroxylation is 2. The Morgan fingerprint density at radius 1 is 0.839 bits per heavy atom. The third-order valence-electron chi connectivity index (χ3n) is 5.10. The number of hydrogen-bond donors (Lipinski definition) is 0. The first-order chi connectivity index (χ1) is 15.2. The van der Waals surface area contributed by atoms with E-state index in [1.807, 2.05) is 6.07 Å². The van der Waals surface area contributed by atoms with Crippen LogP contribution in [-0.4, -0.2) is 15.7 Å². The molecule has 1 aliphatic heterocycles. The van der Waals surface area contributed by atoms with Gasteiger partial charge in [-0.25, -0.2) is 15.0 Å². The summed E-state index contributed by atoms with van der Waals surface area (Å²) < 4.78 is 0. The van der Waals surface area contributed by atoms with Crippen LogP contribution in [0.5, 0.6) is 0 Å². The number of aromatic nitrogens is 2. The number of rotatable bonds is 4. The van der Waals surface area contributed by atoms with Crippen molar-refractivity contribution < 1.29 is 0 Å². The normalized spacial score (nSPS) is 12.5. The zero-order valence-corrected chi connectivity index (χ0v) is 19.0. The van der Waals surface area contributed by atoms with Crippen molar-refractivity contribution in [2.45, 2.75) is 40.1 Å². The topological polar surface area (TPSA) is 38.1 Å². The Balaban J connectivity index is 1.63. The Morgan fingerprint density at radius 3 is 2.42 bits per heavy atom. The Hall–Kier alpha value is -2.89. The Kier molecular flexibility index (Phi) is 5.62. The molecule has 0 unspecified atom stereocenters. The Morgan fingerprint density at radius 2 is 1.61 bits per heavy atom. The molecule has 4 aromatic rings. The third-order valence-corrected chi connectivity index (χ3v) is 7.17. The molecule has 5 heteroatoms. The molecule has 31 heavy (non-hydrogen) atoms. The smallest absolute Gasteiger partial charge is 0.131 e. The van der Waals surface area contributed by atoms with Crippen LogP contribution in [0, 0.1) is 13.8 Å². The molecule has 0 amide bonds. The largest absolute Gasteiger partial charge is 0.247 e. The van der Waals surface area contributed by atoms with Crippen LogP contribution in [0.4, 0.5) is 5.69 Å². The van der Waals surface area contributed by atoms with E-state index in [0.717, 1.165) is 32.8 Å². The highest BCUT2D eigenvalue weighted by atomic mass is 32.2. The fourth-order valence-electron chi connectivity index (χ4n) is 3.49. The maximum Gasteiger partial charge on any atom is 0.131 e. The average Bonchev–Trinajstić information content (AvgIpc) is 2.93. The van der Waals surface area contributed by atoms with Gasteiger partial charge < -0.3 is 0 Å². The highest BCUT2D eigenvalue weighted by molar-refractivity contribution is 8.00. The highest BCUT2D eigenvalue weighted by Gasteiger charge is 2.22. The first-order valence-electron chi connectivity index (χ1n) is 10.2. The minimum absolute atomic E-state index is 0.765. The summed E-state index contributed by atoms with van der Waals surface area (Å²) in [7, 11) is 0. The lowest BCUT2D eigenvalue weighted by molar-refractivity contribution is 0.960. The first-order valence-corrected chi connectivity index (χ1v) is 11.8. The minimum Gasteiger partial charge on any atom is -0.247 e. The van der Waals surface area contributed by atoms with Crippen molar-refractivity contribution in [2.75, 3.05) is 0 Å². The van der Waals surface area contributed by atoms with Gasteiger partial charge in [-0.15, -0.1) is 0 Å². The van der Waals surface area contributed by atoms with E-state index in [9.17, 15) is 0 Å². The van der Waals surface area contributed by atoms with Gasteiger partial charge in [-0.3, -0.25) is 0 Å². The van der Waals surface area contributed by atoms with E-state index in [4.69, 9.17) is 4.99 Å². The summed E-state index contributed by atoms with van der Waals surface area (Å²) in [5.41, 5.74) is 6.81. The molecule has 0 N–H and O–H groups in total. The summed E-state index contributed by atoms with van der Waals surface area (Å²) in [6.45, 7) is 4.22. The van der Waals surface area contributed by atoms with E-state index >= 15 is 0 Å². The summed E-state index contributed by atoms with van der Waals surface area (Å²) in [5.74, 6) is 0. The van der Waals surface area contributed by atoms with Crippen molar-refractivity contribution in [1.82, 2.24) is 9.97 Å². The van der Waals surface area contributed by atoms with Crippen LogP contribution in [0.15, 0.2) is 104 Å². The zero-order chi connectivity index (χ0) is 21.2. The van der Waals surface area contributed by atoms with Gasteiger partial charge in [0.2, 0.25) is 0 Å². The van der Waals surface area contributed by atoms with Gasteiger partial charge in [-0.1, -0.05) is 83.2 Å². The molecule has 0 bridgehead atoms. The zero-order valence-electron chi connectivity index (χ0n) is 17.4. The van der Waals surface area contributed by atoms with Gasteiger partial charge >= 0.3 is 0 Å². The first kappa shape index (κ1) is 20.0. The maximum atomic E-state index is 5.18. The summed E-state index contributed by atoms with van der Waals surface area (Å²) >= 11 is 3.31. The van der Waals surface area contributed by atoms with E-state index in [1.54, 1.807) is 29.9 Å². The molecule has 0 fully saturated rings. The standard InChI is InChI=1S/C26H21N3S2/c1-17-8-11-20(12-9-17)30-25-24-26(28-16-27-25)31-23-13-10-18(2)14-21(23)22(29-24)15-19-6-4-3-5-7-19/h3-14,16H,15H2,1-2H3. The predicted octanol–water partition coefficient (Wildman–Crippen LogP) is 7.07. The molecular formula is C26H21N3S2. The molecular weight excluding hydrogens is 418 g/mol. The summed E-state index contributed by atoms with van der Waals surface area (Å²) in [5, 5.41) is 1.79. The molecule has 3 aromatic carbocycles. The second kappa shape index (κ2) is 8.69. The van der Waals surface area contributed by atoms with Crippen LogP contribution in [0.1, 0.15) is 22.3 Å².